The molecule has 0 radical (unpaired) electrons. The van der Waals surface area contributed by atoms with E-state index in [1.807, 2.05) is 0 Å². The molecule has 216 valence electrons. The van der Waals surface area contributed by atoms with E-state index >= 15 is 0 Å². The van der Waals surface area contributed by atoms with Crippen LogP contribution in [0, 0.1) is 0 Å². The largest absolute Gasteiger partial charge is 0.294 e. The molecule has 0 fully saturated rings. The Balaban J connectivity index is 1.26. The molecule has 0 aliphatic heterocycles. The van der Waals surface area contributed by atoms with E-state index in [-0.39, 0.29) is 0 Å². The molecule has 0 bridgehead atoms. The SMILES string of the molecule is C[n+]1c(-c2ccc(-c3c4ccccc4c(-c4ccc5ccccc5c4)c4ccccc34)cc2)n(-c2ccccc2)c2ccccc21. The molecule has 2 nitrogen and oxygen atoms in total. The molecule has 0 aliphatic carbocycles. The highest BCUT2D eigenvalue weighted by molar-refractivity contribution is 6.21. The average molecular weight is 588 g/mol. The summed E-state index contributed by atoms with van der Waals surface area (Å²) in [6.45, 7) is 0. The maximum atomic E-state index is 2.37. The zero-order valence-electron chi connectivity index (χ0n) is 25.6. The zero-order chi connectivity index (χ0) is 30.6. The van der Waals surface area contributed by atoms with Crippen LogP contribution < -0.4 is 4.57 Å². The minimum absolute atomic E-state index is 1.15. The third-order valence-corrected chi connectivity index (χ3v) is 9.43. The Hall–Kier alpha value is -5.99. The Bertz CT molecular complexity index is 2520. The highest BCUT2D eigenvalue weighted by atomic mass is 15.2. The van der Waals surface area contributed by atoms with Gasteiger partial charge in [0.25, 0.3) is 5.82 Å². The van der Waals surface area contributed by atoms with Gasteiger partial charge in [0.15, 0.2) is 11.0 Å². The summed E-state index contributed by atoms with van der Waals surface area (Å²) in [5.41, 5.74) is 9.74. The van der Waals surface area contributed by atoms with Crippen LogP contribution in [0.2, 0.25) is 0 Å². The molecule has 0 aliphatic rings. The number of para-hydroxylation sites is 3. The molecule has 1 heterocycles. The number of rotatable bonds is 4. The van der Waals surface area contributed by atoms with E-state index in [4.69, 9.17) is 0 Å². The number of benzene rings is 8. The molecule has 0 atom stereocenters. The van der Waals surface area contributed by atoms with Crippen molar-refractivity contribution in [3.05, 3.63) is 170 Å². The number of fused-ring (bicyclic) bond motifs is 4. The normalized spacial score (nSPS) is 11.6. The first-order chi connectivity index (χ1) is 22.8. The van der Waals surface area contributed by atoms with Gasteiger partial charge in [-0.3, -0.25) is 0 Å². The molecule has 0 spiro atoms. The third kappa shape index (κ3) is 4.08. The van der Waals surface area contributed by atoms with Gasteiger partial charge in [0.1, 0.15) is 5.69 Å². The summed E-state index contributed by atoms with van der Waals surface area (Å²) in [7, 11) is 2.16. The van der Waals surface area contributed by atoms with Crippen molar-refractivity contribution < 1.29 is 4.57 Å². The third-order valence-electron chi connectivity index (χ3n) is 9.43. The molecule has 0 amide bonds. The number of aromatic nitrogens is 2. The van der Waals surface area contributed by atoms with Crippen molar-refractivity contribution in [2.45, 2.75) is 0 Å². The number of hydrogen-bond donors (Lipinski definition) is 0. The van der Waals surface area contributed by atoms with Crippen molar-refractivity contribution in [3.8, 4) is 39.3 Å². The lowest BCUT2D eigenvalue weighted by Crippen LogP contribution is -2.30. The molecule has 0 saturated heterocycles. The van der Waals surface area contributed by atoms with Gasteiger partial charge in [-0.25, -0.2) is 4.57 Å². The zero-order valence-corrected chi connectivity index (χ0v) is 25.6. The van der Waals surface area contributed by atoms with E-state index in [1.165, 1.54) is 71.2 Å². The smallest absolute Gasteiger partial charge is 0.225 e. The molecule has 0 N–H and O–H groups in total. The molecule has 9 aromatic rings. The highest BCUT2D eigenvalue weighted by Gasteiger charge is 2.26. The number of nitrogens with zero attached hydrogens (tertiary/aromatic N) is 2. The second-order valence-corrected chi connectivity index (χ2v) is 12.0. The lowest BCUT2D eigenvalue weighted by Gasteiger charge is -2.18. The second-order valence-electron chi connectivity index (χ2n) is 12.0. The summed E-state index contributed by atoms with van der Waals surface area (Å²) in [6, 6.07) is 61.7. The Labute approximate surface area is 268 Å². The Morgan fingerprint density at radius 1 is 0.413 bits per heavy atom. The standard InChI is InChI=1S/C44H31N2/c1-45-40-21-11-12-22-41(40)46(35-15-3-2-4-16-35)44(45)32-26-24-31(25-27-32)42-36-17-7-9-19-38(36)43(39-20-10-8-18-37(39)42)34-28-23-30-13-5-6-14-33(30)29-34/h2-29H,1H3/q+1. The highest BCUT2D eigenvalue weighted by Crippen LogP contribution is 2.44. The summed E-state index contributed by atoms with van der Waals surface area (Å²) in [6.07, 6.45) is 0. The van der Waals surface area contributed by atoms with Gasteiger partial charge in [0.05, 0.1) is 12.6 Å². The van der Waals surface area contributed by atoms with Crippen LogP contribution in [-0.4, -0.2) is 4.57 Å². The van der Waals surface area contributed by atoms with Crippen molar-refractivity contribution in [2.75, 3.05) is 0 Å². The molecular formula is C44H31N2+. The van der Waals surface area contributed by atoms with Gasteiger partial charge in [-0.05, 0) is 97.0 Å². The van der Waals surface area contributed by atoms with Gasteiger partial charge in [-0.2, -0.15) is 4.57 Å². The predicted octanol–water partition coefficient (Wildman–Crippen LogP) is 10.9. The van der Waals surface area contributed by atoms with E-state index < -0.39 is 0 Å². The minimum Gasteiger partial charge on any atom is -0.225 e. The van der Waals surface area contributed by atoms with Gasteiger partial charge in [0.2, 0.25) is 0 Å². The lowest BCUT2D eigenvalue weighted by atomic mass is 9.85. The second kappa shape index (κ2) is 10.6. The maximum absolute atomic E-state index is 2.37. The van der Waals surface area contributed by atoms with Crippen LogP contribution in [0.5, 0.6) is 0 Å². The average Bonchev–Trinajstić information content (AvgIpc) is 3.42. The van der Waals surface area contributed by atoms with Gasteiger partial charge >= 0.3 is 0 Å². The van der Waals surface area contributed by atoms with Crippen molar-refractivity contribution in [2.24, 2.45) is 7.05 Å². The van der Waals surface area contributed by atoms with Crippen LogP contribution in [0.1, 0.15) is 0 Å². The summed E-state index contributed by atoms with van der Waals surface area (Å²) < 4.78 is 4.67. The molecule has 46 heavy (non-hydrogen) atoms. The fraction of sp³-hybridized carbons (Fsp3) is 0.0227. The van der Waals surface area contributed by atoms with E-state index in [1.54, 1.807) is 0 Å². The first-order valence-electron chi connectivity index (χ1n) is 15.8. The maximum Gasteiger partial charge on any atom is 0.294 e. The molecule has 2 heteroatoms. The van der Waals surface area contributed by atoms with E-state index in [2.05, 4.69) is 186 Å². The molecule has 0 saturated carbocycles. The van der Waals surface area contributed by atoms with Crippen LogP contribution in [0.4, 0.5) is 0 Å². The Kier molecular flexibility index (Phi) is 6.07. The van der Waals surface area contributed by atoms with Crippen molar-refractivity contribution in [3.63, 3.8) is 0 Å². The quantitative estimate of drug-likeness (QED) is 0.143. The minimum atomic E-state index is 1.15. The van der Waals surface area contributed by atoms with E-state index in [0.29, 0.717) is 0 Å². The van der Waals surface area contributed by atoms with E-state index in [0.717, 1.165) is 11.5 Å². The van der Waals surface area contributed by atoms with Crippen LogP contribution in [-0.2, 0) is 7.05 Å². The Morgan fingerprint density at radius 3 is 1.59 bits per heavy atom. The molecule has 1 aromatic heterocycles. The molecule has 9 rings (SSSR count). The lowest BCUT2D eigenvalue weighted by molar-refractivity contribution is -0.633. The van der Waals surface area contributed by atoms with Gasteiger partial charge in [-0.15, -0.1) is 0 Å². The van der Waals surface area contributed by atoms with Crippen LogP contribution >= 0.6 is 0 Å². The predicted molar refractivity (Wildman–Crippen MR) is 193 cm³/mol. The number of aryl methyl sites for hydroxylation is 1. The van der Waals surface area contributed by atoms with Crippen molar-refractivity contribution in [1.82, 2.24) is 4.57 Å². The van der Waals surface area contributed by atoms with Crippen molar-refractivity contribution in [1.29, 1.82) is 0 Å². The summed E-state index contributed by atoms with van der Waals surface area (Å²) >= 11 is 0. The van der Waals surface area contributed by atoms with Crippen molar-refractivity contribution >= 4 is 43.4 Å². The van der Waals surface area contributed by atoms with Crippen LogP contribution in [0.15, 0.2) is 170 Å². The monoisotopic (exact) mass is 587 g/mol. The molecule has 8 aromatic carbocycles. The fourth-order valence-electron chi connectivity index (χ4n) is 7.36. The summed E-state index contributed by atoms with van der Waals surface area (Å²) in [5.74, 6) is 1.15. The van der Waals surface area contributed by atoms with Gasteiger partial charge in [-0.1, -0.05) is 127 Å². The summed E-state index contributed by atoms with van der Waals surface area (Å²) in [5, 5.41) is 7.59. The van der Waals surface area contributed by atoms with Crippen LogP contribution in [0.25, 0.3) is 82.7 Å². The molecular weight excluding hydrogens is 556 g/mol. The first-order valence-corrected chi connectivity index (χ1v) is 15.8. The number of imidazole rings is 1. The first kappa shape index (κ1) is 26.4. The van der Waals surface area contributed by atoms with Gasteiger partial charge < -0.3 is 0 Å². The number of hydrogen-bond acceptors (Lipinski definition) is 0. The van der Waals surface area contributed by atoms with Crippen LogP contribution in [0.3, 0.4) is 0 Å². The topological polar surface area (TPSA) is 8.81 Å². The Morgan fingerprint density at radius 2 is 0.913 bits per heavy atom. The van der Waals surface area contributed by atoms with Gasteiger partial charge in [0, 0.05) is 0 Å². The summed E-state index contributed by atoms with van der Waals surface area (Å²) in [4.78, 5) is 0. The van der Waals surface area contributed by atoms with E-state index in [9.17, 15) is 0 Å². The molecule has 0 unspecified atom stereocenters. The fourth-order valence-corrected chi connectivity index (χ4v) is 7.36.